The first-order chi connectivity index (χ1) is 10.1. The number of nitrogens with one attached hydrogen (secondary N) is 1. The van der Waals surface area contributed by atoms with E-state index in [2.05, 4.69) is 5.32 Å². The minimum Gasteiger partial charge on any atom is -0.872 e. The first-order valence-corrected chi connectivity index (χ1v) is 6.78. The first-order valence-electron chi connectivity index (χ1n) is 6.40. The van der Waals surface area contributed by atoms with Crippen molar-refractivity contribution in [1.82, 2.24) is 0 Å². The molecule has 0 heterocycles. The number of carbonyl (C=O) groups is 1. The summed E-state index contributed by atoms with van der Waals surface area (Å²) in [6.07, 6.45) is 0. The minimum absolute atomic E-state index is 0. The number of anilines is 1. The zero-order valence-corrected chi connectivity index (χ0v) is 14.7. The molecule has 22 heavy (non-hydrogen) atoms. The van der Waals surface area contributed by atoms with Crippen molar-refractivity contribution < 1.29 is 39.5 Å². The number of benzene rings is 3. The van der Waals surface area contributed by atoms with Crippen LogP contribution in [0.5, 0.6) is 5.75 Å². The maximum atomic E-state index is 12.2. The summed E-state index contributed by atoms with van der Waals surface area (Å²) in [5.41, 5.74) is 0.723. The van der Waals surface area contributed by atoms with Crippen LogP contribution in [0.2, 0.25) is 5.02 Å². The molecule has 3 rings (SSSR count). The summed E-state index contributed by atoms with van der Waals surface area (Å²) in [7, 11) is 0. The standard InChI is InChI=1S/C17H12ClNO2.Na/c18-13-5-7-14(8-6-13)19-17(21)15-9-11-3-1-2-4-12(11)10-16(15)20;/h1-10,20H,(H,19,21);/q;+1/p-1. The van der Waals surface area contributed by atoms with Crippen LogP contribution in [-0.2, 0) is 0 Å². The molecule has 5 heteroatoms. The molecule has 0 aliphatic heterocycles. The van der Waals surface area contributed by atoms with Crippen LogP contribution < -0.4 is 40.0 Å². The van der Waals surface area contributed by atoms with Gasteiger partial charge in [0.2, 0.25) is 0 Å². The molecule has 0 radical (unpaired) electrons. The summed E-state index contributed by atoms with van der Waals surface area (Å²) < 4.78 is 0. The molecule has 3 aromatic carbocycles. The Bertz CT molecular complexity index is 819. The van der Waals surface area contributed by atoms with Gasteiger partial charge in [-0.05, 0) is 41.1 Å². The molecular formula is C17H11ClNNaO2. The molecule has 0 aliphatic carbocycles. The Hall–Kier alpha value is -1.52. The SMILES string of the molecule is O=C(Nc1ccc(Cl)cc1)c1cc2ccccc2cc1[O-].[Na+]. The van der Waals surface area contributed by atoms with Crippen molar-refractivity contribution in [3.63, 3.8) is 0 Å². The first kappa shape index (κ1) is 16.8. The van der Waals surface area contributed by atoms with E-state index in [0.717, 1.165) is 10.8 Å². The molecule has 0 aliphatic rings. The topological polar surface area (TPSA) is 52.2 Å². The summed E-state index contributed by atoms with van der Waals surface area (Å²) in [5.74, 6) is -0.715. The van der Waals surface area contributed by atoms with E-state index in [1.165, 1.54) is 6.07 Å². The Morgan fingerprint density at radius 2 is 1.55 bits per heavy atom. The Balaban J connectivity index is 0.00000176. The number of carbonyl (C=O) groups excluding carboxylic acids is 1. The van der Waals surface area contributed by atoms with Crippen LogP contribution in [0.3, 0.4) is 0 Å². The van der Waals surface area contributed by atoms with E-state index < -0.39 is 5.91 Å². The summed E-state index contributed by atoms with van der Waals surface area (Å²) in [6, 6.07) is 17.3. The molecule has 0 aromatic heterocycles. The summed E-state index contributed by atoms with van der Waals surface area (Å²) in [4.78, 5) is 12.2. The predicted molar refractivity (Wildman–Crippen MR) is 82.8 cm³/mol. The Labute approximate surface area is 155 Å². The quantitative estimate of drug-likeness (QED) is 0.711. The van der Waals surface area contributed by atoms with Gasteiger partial charge in [-0.25, -0.2) is 0 Å². The van der Waals surface area contributed by atoms with E-state index in [4.69, 9.17) is 11.6 Å². The van der Waals surface area contributed by atoms with Crippen LogP contribution in [0.25, 0.3) is 10.8 Å². The summed E-state index contributed by atoms with van der Waals surface area (Å²) in [6.45, 7) is 0. The van der Waals surface area contributed by atoms with Gasteiger partial charge < -0.3 is 10.4 Å². The molecule has 0 bridgehead atoms. The third-order valence-corrected chi connectivity index (χ3v) is 3.45. The minimum atomic E-state index is -0.423. The molecule has 3 nitrogen and oxygen atoms in total. The second-order valence-corrected chi connectivity index (χ2v) is 5.09. The summed E-state index contributed by atoms with van der Waals surface area (Å²) in [5, 5.41) is 17.0. The maximum absolute atomic E-state index is 12.2. The molecule has 0 atom stereocenters. The van der Waals surface area contributed by atoms with Crippen molar-refractivity contribution in [3.8, 4) is 5.75 Å². The molecule has 104 valence electrons. The van der Waals surface area contributed by atoms with Crippen molar-refractivity contribution in [2.75, 3.05) is 5.32 Å². The van der Waals surface area contributed by atoms with Gasteiger partial charge in [-0.3, -0.25) is 4.79 Å². The fraction of sp³-hybridized carbons (Fsp3) is 0. The molecule has 0 fully saturated rings. The molecular weight excluding hydrogens is 309 g/mol. The number of rotatable bonds is 2. The number of halogens is 1. The van der Waals surface area contributed by atoms with Crippen molar-refractivity contribution >= 4 is 34.0 Å². The zero-order valence-electron chi connectivity index (χ0n) is 12.0. The van der Waals surface area contributed by atoms with Crippen LogP contribution >= 0.6 is 11.6 Å². The van der Waals surface area contributed by atoms with Gasteiger partial charge in [0.25, 0.3) is 5.91 Å². The van der Waals surface area contributed by atoms with Gasteiger partial charge in [0.1, 0.15) is 0 Å². The van der Waals surface area contributed by atoms with Gasteiger partial charge in [-0.2, -0.15) is 0 Å². The third kappa shape index (κ3) is 3.62. The fourth-order valence-electron chi connectivity index (χ4n) is 2.13. The van der Waals surface area contributed by atoms with Crippen molar-refractivity contribution in [1.29, 1.82) is 0 Å². The Morgan fingerprint density at radius 1 is 0.955 bits per heavy atom. The number of hydrogen-bond donors (Lipinski definition) is 1. The van der Waals surface area contributed by atoms with E-state index in [9.17, 15) is 9.90 Å². The maximum Gasteiger partial charge on any atom is 1.00 e. The predicted octanol–water partition coefficient (Wildman–Crippen LogP) is 0.823. The van der Waals surface area contributed by atoms with Crippen molar-refractivity contribution in [3.05, 3.63) is 71.2 Å². The molecule has 0 spiro atoms. The Morgan fingerprint density at radius 3 is 2.18 bits per heavy atom. The van der Waals surface area contributed by atoms with Crippen LogP contribution in [0, 0.1) is 0 Å². The molecule has 0 saturated heterocycles. The third-order valence-electron chi connectivity index (χ3n) is 3.19. The van der Waals surface area contributed by atoms with Crippen LogP contribution in [0.1, 0.15) is 10.4 Å². The summed E-state index contributed by atoms with van der Waals surface area (Å²) >= 11 is 5.79. The monoisotopic (exact) mass is 319 g/mol. The van der Waals surface area contributed by atoms with Gasteiger partial charge >= 0.3 is 29.6 Å². The average Bonchev–Trinajstić information content (AvgIpc) is 2.49. The molecule has 3 aromatic rings. The second kappa shape index (κ2) is 7.16. The van der Waals surface area contributed by atoms with E-state index in [1.807, 2.05) is 24.3 Å². The molecule has 1 amide bonds. The van der Waals surface area contributed by atoms with E-state index in [0.29, 0.717) is 10.7 Å². The van der Waals surface area contributed by atoms with Gasteiger partial charge in [-0.15, -0.1) is 0 Å². The largest absolute Gasteiger partial charge is 1.00 e. The number of hydrogen-bond acceptors (Lipinski definition) is 2. The zero-order chi connectivity index (χ0) is 14.8. The molecule has 1 N–H and O–H groups in total. The van der Waals surface area contributed by atoms with Gasteiger partial charge in [-0.1, -0.05) is 47.7 Å². The van der Waals surface area contributed by atoms with Gasteiger partial charge in [0, 0.05) is 16.3 Å². The number of amides is 1. The molecule has 0 unspecified atom stereocenters. The van der Waals surface area contributed by atoms with E-state index >= 15 is 0 Å². The second-order valence-electron chi connectivity index (χ2n) is 4.66. The van der Waals surface area contributed by atoms with E-state index in [1.54, 1.807) is 30.3 Å². The van der Waals surface area contributed by atoms with Crippen LogP contribution in [-0.4, -0.2) is 5.91 Å². The molecule has 0 saturated carbocycles. The average molecular weight is 320 g/mol. The van der Waals surface area contributed by atoms with Gasteiger partial charge in [0.15, 0.2) is 0 Å². The van der Waals surface area contributed by atoms with Crippen LogP contribution in [0.15, 0.2) is 60.7 Å². The van der Waals surface area contributed by atoms with E-state index in [-0.39, 0.29) is 40.9 Å². The fourth-order valence-corrected chi connectivity index (χ4v) is 2.25. The Kier molecular flexibility index (Phi) is 5.48. The van der Waals surface area contributed by atoms with Gasteiger partial charge in [0.05, 0.1) is 0 Å². The smallest absolute Gasteiger partial charge is 0.872 e. The van der Waals surface area contributed by atoms with Crippen LogP contribution in [0.4, 0.5) is 5.69 Å². The van der Waals surface area contributed by atoms with Crippen molar-refractivity contribution in [2.45, 2.75) is 0 Å². The normalized spacial score (nSPS) is 10.0. The number of fused-ring (bicyclic) bond motifs is 1. The van der Waals surface area contributed by atoms with Crippen molar-refractivity contribution in [2.24, 2.45) is 0 Å².